The zero-order chi connectivity index (χ0) is 30.5. The molecule has 0 bridgehead atoms. The minimum atomic E-state index is -3.06. The molecule has 2 aromatic heterocycles. The molecule has 3 aliphatic heterocycles. The molecular formula is C31H39N7O4S. The number of carbonyl (C=O) groups is 1. The third-order valence-corrected chi connectivity index (χ3v) is 10.2. The zero-order valence-corrected chi connectivity index (χ0v) is 25.7. The minimum absolute atomic E-state index is 0.0654. The Balaban J connectivity index is 1.29. The van der Waals surface area contributed by atoms with E-state index in [2.05, 4.69) is 45.7 Å². The first-order valence-electron chi connectivity index (χ1n) is 14.8. The number of pyridine rings is 1. The molecule has 0 radical (unpaired) electrons. The van der Waals surface area contributed by atoms with Gasteiger partial charge in [0.2, 0.25) is 11.9 Å². The highest BCUT2D eigenvalue weighted by atomic mass is 32.2. The number of sulfone groups is 1. The monoisotopic (exact) mass is 605 g/mol. The molecule has 6 rings (SSSR count). The molecule has 0 spiro atoms. The maximum absolute atomic E-state index is 12.1. The molecule has 1 amide bonds. The number of aromatic nitrogens is 3. The number of amides is 1. The van der Waals surface area contributed by atoms with E-state index in [0.717, 1.165) is 22.0 Å². The maximum Gasteiger partial charge on any atom is 0.245 e. The molecule has 228 valence electrons. The largest absolute Gasteiger partial charge is 0.390 e. The van der Waals surface area contributed by atoms with Crippen LogP contribution in [0, 0.1) is 5.92 Å². The second-order valence-corrected chi connectivity index (χ2v) is 14.7. The average Bonchev–Trinajstić information content (AvgIpc) is 2.94. The molecule has 3 aliphatic rings. The molecule has 3 aromatic rings. The number of piperidine rings is 1. The third kappa shape index (κ3) is 6.03. The quantitative estimate of drug-likeness (QED) is 0.369. The Bertz CT molecular complexity index is 1660. The van der Waals surface area contributed by atoms with Crippen molar-refractivity contribution in [3.05, 3.63) is 54.9 Å². The van der Waals surface area contributed by atoms with Gasteiger partial charge in [-0.2, -0.15) is 4.98 Å². The highest BCUT2D eigenvalue weighted by molar-refractivity contribution is 7.90. The topological polar surface area (TPSA) is 132 Å². The van der Waals surface area contributed by atoms with Crippen LogP contribution in [0.3, 0.4) is 0 Å². The van der Waals surface area contributed by atoms with Crippen molar-refractivity contribution >= 4 is 49.8 Å². The van der Waals surface area contributed by atoms with Crippen LogP contribution < -0.4 is 15.1 Å². The predicted molar refractivity (Wildman–Crippen MR) is 169 cm³/mol. The van der Waals surface area contributed by atoms with Crippen LogP contribution >= 0.6 is 0 Å². The van der Waals surface area contributed by atoms with Gasteiger partial charge in [0.15, 0.2) is 0 Å². The highest BCUT2D eigenvalue weighted by Crippen LogP contribution is 2.41. The first-order valence-corrected chi connectivity index (χ1v) is 16.8. The van der Waals surface area contributed by atoms with E-state index in [1.807, 2.05) is 19.2 Å². The van der Waals surface area contributed by atoms with Crippen molar-refractivity contribution in [2.45, 2.75) is 44.2 Å². The maximum atomic E-state index is 12.1. The summed E-state index contributed by atoms with van der Waals surface area (Å²) < 4.78 is 23.8. The fraction of sp³-hybridized carbons (Fsp3) is 0.484. The molecule has 0 aliphatic carbocycles. The molecule has 2 N–H and O–H groups in total. The van der Waals surface area contributed by atoms with Crippen LogP contribution in [0.1, 0.15) is 38.2 Å². The summed E-state index contributed by atoms with van der Waals surface area (Å²) in [4.78, 5) is 32.2. The van der Waals surface area contributed by atoms with Gasteiger partial charge in [0.25, 0.3) is 0 Å². The average molecular weight is 606 g/mol. The Kier molecular flexibility index (Phi) is 7.54. The van der Waals surface area contributed by atoms with Crippen molar-refractivity contribution in [2.24, 2.45) is 5.92 Å². The summed E-state index contributed by atoms with van der Waals surface area (Å²) in [6.07, 6.45) is 7.55. The molecule has 1 aromatic carbocycles. The standard InChI is InChI=1S/C31H39N7O4S/c1-5-29(39)37-16-21(17-37)23-6-7-26(38-18-22(20(38)2)19-43(4,41)42)25-15-33-28(14-24(23)25)34-27-8-11-32-30(35-27)36-12-9-31(3,40)10-13-36/h5-8,11,14-15,20-22,40H,1,9-10,12-13,16-19H2,2-4H3,(H,32,33,34,35)/t20-,22-/m1/s1. The Morgan fingerprint density at radius 1 is 1.14 bits per heavy atom. The van der Waals surface area contributed by atoms with Crippen LogP contribution in [0.4, 0.5) is 23.3 Å². The van der Waals surface area contributed by atoms with E-state index in [1.165, 1.54) is 12.3 Å². The number of likely N-dealkylation sites (tertiary alicyclic amines) is 1. The molecule has 5 heterocycles. The van der Waals surface area contributed by atoms with E-state index in [0.29, 0.717) is 63.1 Å². The number of carbonyl (C=O) groups excluding carboxylic acids is 1. The summed E-state index contributed by atoms with van der Waals surface area (Å²) >= 11 is 0. The van der Waals surface area contributed by atoms with Gasteiger partial charge in [-0.25, -0.2) is 18.4 Å². The molecule has 12 heteroatoms. The van der Waals surface area contributed by atoms with Crippen molar-refractivity contribution < 1.29 is 18.3 Å². The van der Waals surface area contributed by atoms with Gasteiger partial charge in [-0.1, -0.05) is 12.6 Å². The van der Waals surface area contributed by atoms with Gasteiger partial charge in [0.1, 0.15) is 21.5 Å². The highest BCUT2D eigenvalue weighted by Gasteiger charge is 2.39. The molecule has 3 fully saturated rings. The zero-order valence-electron chi connectivity index (χ0n) is 24.9. The number of hydrogen-bond donors (Lipinski definition) is 2. The SMILES string of the molecule is C=CC(=O)N1CC(c2ccc(N3C[C@H](CS(C)(=O)=O)[C@H]3C)c3cnc(Nc4ccnc(N5CCC(C)(O)CC5)n4)cc23)C1. The summed E-state index contributed by atoms with van der Waals surface area (Å²) in [6.45, 7) is 10.8. The number of hydrogen-bond acceptors (Lipinski definition) is 10. The predicted octanol–water partition coefficient (Wildman–Crippen LogP) is 3.10. The number of nitrogens with one attached hydrogen (secondary N) is 1. The Morgan fingerprint density at radius 2 is 1.88 bits per heavy atom. The van der Waals surface area contributed by atoms with Crippen LogP contribution in [0.2, 0.25) is 0 Å². The van der Waals surface area contributed by atoms with Gasteiger partial charge < -0.3 is 25.1 Å². The number of benzene rings is 1. The number of fused-ring (bicyclic) bond motifs is 1. The number of rotatable bonds is 8. The molecule has 0 saturated carbocycles. The second-order valence-electron chi connectivity index (χ2n) is 12.5. The van der Waals surface area contributed by atoms with Crippen LogP contribution in [0.5, 0.6) is 0 Å². The van der Waals surface area contributed by atoms with E-state index in [9.17, 15) is 18.3 Å². The van der Waals surface area contributed by atoms with Gasteiger partial charge in [-0.05, 0) is 61.9 Å². The minimum Gasteiger partial charge on any atom is -0.390 e. The Morgan fingerprint density at radius 3 is 2.56 bits per heavy atom. The lowest BCUT2D eigenvalue weighted by Gasteiger charge is -2.48. The van der Waals surface area contributed by atoms with E-state index < -0.39 is 15.4 Å². The lowest BCUT2D eigenvalue weighted by molar-refractivity contribution is -0.130. The van der Waals surface area contributed by atoms with Crippen molar-refractivity contribution in [2.75, 3.05) is 59.8 Å². The fourth-order valence-electron chi connectivity index (χ4n) is 6.38. The van der Waals surface area contributed by atoms with Crippen molar-refractivity contribution in [1.29, 1.82) is 0 Å². The third-order valence-electron chi connectivity index (χ3n) is 9.17. The van der Waals surface area contributed by atoms with Gasteiger partial charge in [0.05, 0.1) is 11.4 Å². The summed E-state index contributed by atoms with van der Waals surface area (Å²) in [5.41, 5.74) is 1.51. The fourth-order valence-corrected chi connectivity index (χ4v) is 7.54. The van der Waals surface area contributed by atoms with E-state index in [-0.39, 0.29) is 29.5 Å². The van der Waals surface area contributed by atoms with Crippen LogP contribution in [0.25, 0.3) is 10.8 Å². The molecule has 43 heavy (non-hydrogen) atoms. The van der Waals surface area contributed by atoms with Crippen LogP contribution in [-0.2, 0) is 14.6 Å². The second kappa shape index (κ2) is 11.1. The number of nitrogens with zero attached hydrogens (tertiary/aromatic N) is 6. The molecular weight excluding hydrogens is 566 g/mol. The molecule has 0 unspecified atom stereocenters. The van der Waals surface area contributed by atoms with Crippen molar-refractivity contribution in [1.82, 2.24) is 19.9 Å². The van der Waals surface area contributed by atoms with E-state index >= 15 is 0 Å². The molecule has 3 saturated heterocycles. The van der Waals surface area contributed by atoms with Crippen LogP contribution in [0.15, 0.2) is 49.3 Å². The number of anilines is 4. The summed E-state index contributed by atoms with van der Waals surface area (Å²) in [5.74, 6) is 2.26. The van der Waals surface area contributed by atoms with Gasteiger partial charge in [-0.3, -0.25) is 4.79 Å². The van der Waals surface area contributed by atoms with Crippen molar-refractivity contribution in [3.63, 3.8) is 0 Å². The number of aliphatic hydroxyl groups is 1. The first-order chi connectivity index (χ1) is 20.4. The Labute approximate surface area is 252 Å². The van der Waals surface area contributed by atoms with Gasteiger partial charge in [-0.15, -0.1) is 0 Å². The van der Waals surface area contributed by atoms with Crippen LogP contribution in [-0.4, -0.2) is 95.7 Å². The lowest BCUT2D eigenvalue weighted by atomic mass is 9.85. The smallest absolute Gasteiger partial charge is 0.245 e. The van der Waals surface area contributed by atoms with E-state index in [4.69, 9.17) is 9.97 Å². The summed E-state index contributed by atoms with van der Waals surface area (Å²) in [5, 5.41) is 15.7. The lowest BCUT2D eigenvalue weighted by Crippen LogP contribution is -2.57. The Hall–Kier alpha value is -3.77. The van der Waals surface area contributed by atoms with Gasteiger partial charge in [0, 0.05) is 80.3 Å². The molecule has 2 atom stereocenters. The normalized spacial score (nSPS) is 22.2. The molecule has 11 nitrogen and oxygen atoms in total. The first kappa shape index (κ1) is 29.3. The van der Waals surface area contributed by atoms with E-state index in [1.54, 1.807) is 17.2 Å². The van der Waals surface area contributed by atoms with Gasteiger partial charge >= 0.3 is 0 Å². The summed E-state index contributed by atoms with van der Waals surface area (Å²) in [6, 6.07) is 8.16. The summed E-state index contributed by atoms with van der Waals surface area (Å²) in [7, 11) is -3.06. The van der Waals surface area contributed by atoms with Crippen molar-refractivity contribution in [3.8, 4) is 0 Å².